The molecule has 0 radical (unpaired) electrons. The zero-order chi connectivity index (χ0) is 22.9. The fraction of sp³-hybridized carbons (Fsp3) is 0.250. The molecule has 1 atom stereocenters. The summed E-state index contributed by atoms with van der Waals surface area (Å²) >= 11 is 0. The lowest BCUT2D eigenvalue weighted by atomic mass is 10.1. The van der Waals surface area contributed by atoms with Gasteiger partial charge < -0.3 is 15.6 Å². The number of nitrogens with zero attached hydrogens (tertiary/aromatic N) is 3. The van der Waals surface area contributed by atoms with E-state index in [1.807, 2.05) is 31.3 Å². The second kappa shape index (κ2) is 8.50. The third-order valence-corrected chi connectivity index (χ3v) is 5.85. The Balaban J connectivity index is 1.30. The van der Waals surface area contributed by atoms with E-state index in [-0.39, 0.29) is 29.6 Å². The second-order valence-corrected chi connectivity index (χ2v) is 8.30. The Morgan fingerprint density at radius 1 is 1.18 bits per heavy atom. The molecule has 0 spiro atoms. The van der Waals surface area contributed by atoms with Crippen molar-refractivity contribution in [1.29, 1.82) is 0 Å². The molecule has 5 rings (SSSR count). The molecular formula is C24H23FN6O2. The average molecular weight is 446 g/mol. The van der Waals surface area contributed by atoms with E-state index in [4.69, 9.17) is 0 Å². The zero-order valence-electron chi connectivity index (χ0n) is 18.1. The number of aromatic amines is 1. The number of carbonyl (C=O) groups excluding carboxylic acids is 1. The molecular weight excluding hydrogens is 423 g/mol. The standard InChI is InChI=1S/C24H23FN6O2/c1-14-6-15(9-18(25)7-14)10-28-22-24(33)31-19(13-29-22)2-3-20(31)23(32)30-12-16-8-17-4-5-26-21(17)27-11-16/h4-9,11,13,20H,2-3,10,12H2,1H3,(H,26,27)(H,28,29)(H,30,32)/t20-/m0/s1. The van der Waals surface area contributed by atoms with Crippen molar-refractivity contribution < 1.29 is 9.18 Å². The number of fused-ring (bicyclic) bond motifs is 2. The maximum atomic E-state index is 13.6. The van der Waals surface area contributed by atoms with Crippen LogP contribution in [0.1, 0.15) is 34.8 Å². The Morgan fingerprint density at radius 3 is 2.91 bits per heavy atom. The van der Waals surface area contributed by atoms with E-state index < -0.39 is 6.04 Å². The molecule has 4 heterocycles. The van der Waals surface area contributed by atoms with Gasteiger partial charge in [-0.2, -0.15) is 0 Å². The quantitative estimate of drug-likeness (QED) is 0.422. The molecule has 1 aliphatic heterocycles. The lowest BCUT2D eigenvalue weighted by Crippen LogP contribution is -2.36. The smallest absolute Gasteiger partial charge is 0.294 e. The van der Waals surface area contributed by atoms with Crippen LogP contribution in [0, 0.1) is 12.7 Å². The first-order valence-corrected chi connectivity index (χ1v) is 10.8. The minimum atomic E-state index is -0.601. The number of halogens is 1. The van der Waals surface area contributed by atoms with E-state index in [0.29, 0.717) is 24.9 Å². The van der Waals surface area contributed by atoms with E-state index >= 15 is 0 Å². The van der Waals surface area contributed by atoms with Crippen LogP contribution in [0.4, 0.5) is 10.2 Å². The number of nitrogens with one attached hydrogen (secondary N) is 3. The van der Waals surface area contributed by atoms with Gasteiger partial charge in [-0.15, -0.1) is 0 Å². The SMILES string of the molecule is Cc1cc(F)cc(CNc2ncc3n(c2=O)[C@H](C(=O)NCc2cnc4[nH]ccc4c2)CC3)c1. The molecule has 4 aromatic rings. The number of rotatable bonds is 6. The zero-order valence-corrected chi connectivity index (χ0v) is 18.1. The highest BCUT2D eigenvalue weighted by atomic mass is 19.1. The lowest BCUT2D eigenvalue weighted by Gasteiger charge is -2.16. The number of hydrogen-bond donors (Lipinski definition) is 3. The van der Waals surface area contributed by atoms with Crippen molar-refractivity contribution in [1.82, 2.24) is 24.8 Å². The lowest BCUT2D eigenvalue weighted by molar-refractivity contribution is -0.124. The predicted octanol–water partition coefficient (Wildman–Crippen LogP) is 2.98. The van der Waals surface area contributed by atoms with Crippen molar-refractivity contribution in [3.8, 4) is 0 Å². The number of aromatic nitrogens is 4. The Bertz CT molecular complexity index is 1390. The van der Waals surface area contributed by atoms with Crippen molar-refractivity contribution in [2.45, 2.75) is 38.9 Å². The summed E-state index contributed by atoms with van der Waals surface area (Å²) in [4.78, 5) is 37.6. The number of hydrogen-bond acceptors (Lipinski definition) is 5. The predicted molar refractivity (Wildman–Crippen MR) is 122 cm³/mol. The van der Waals surface area contributed by atoms with Gasteiger partial charge in [0.1, 0.15) is 17.5 Å². The summed E-state index contributed by atoms with van der Waals surface area (Å²) in [6.45, 7) is 2.39. The topological polar surface area (TPSA) is 105 Å². The van der Waals surface area contributed by atoms with Crippen LogP contribution < -0.4 is 16.2 Å². The Labute approximate surface area is 188 Å². The number of pyridine rings is 1. The van der Waals surface area contributed by atoms with Crippen molar-refractivity contribution >= 4 is 22.8 Å². The van der Waals surface area contributed by atoms with E-state index in [2.05, 4.69) is 25.6 Å². The molecule has 1 amide bonds. The van der Waals surface area contributed by atoms with Crippen LogP contribution in [0.2, 0.25) is 0 Å². The molecule has 0 fully saturated rings. The molecule has 0 unspecified atom stereocenters. The van der Waals surface area contributed by atoms with Gasteiger partial charge in [-0.05, 0) is 60.7 Å². The molecule has 33 heavy (non-hydrogen) atoms. The van der Waals surface area contributed by atoms with Crippen LogP contribution in [0.15, 0.2) is 53.7 Å². The summed E-state index contributed by atoms with van der Waals surface area (Å²) < 4.78 is 15.2. The first-order chi connectivity index (χ1) is 16.0. The number of H-pyrrole nitrogens is 1. The van der Waals surface area contributed by atoms with Gasteiger partial charge in [0.15, 0.2) is 5.82 Å². The van der Waals surface area contributed by atoms with Gasteiger partial charge in [-0.1, -0.05) is 6.07 Å². The first-order valence-electron chi connectivity index (χ1n) is 10.8. The number of anilines is 1. The van der Waals surface area contributed by atoms with Crippen LogP contribution >= 0.6 is 0 Å². The molecule has 0 saturated carbocycles. The summed E-state index contributed by atoms with van der Waals surface area (Å²) in [6.07, 6.45) is 6.29. The third-order valence-electron chi connectivity index (χ3n) is 5.85. The highest BCUT2D eigenvalue weighted by Crippen LogP contribution is 2.24. The maximum absolute atomic E-state index is 13.6. The maximum Gasteiger partial charge on any atom is 0.294 e. The number of amides is 1. The fourth-order valence-electron chi connectivity index (χ4n) is 4.30. The summed E-state index contributed by atoms with van der Waals surface area (Å²) in [7, 11) is 0. The molecule has 9 heteroatoms. The Hall–Kier alpha value is -4.01. The van der Waals surface area contributed by atoms with Gasteiger partial charge >= 0.3 is 0 Å². The minimum absolute atomic E-state index is 0.141. The number of aryl methyl sites for hydroxylation is 2. The van der Waals surface area contributed by atoms with E-state index in [1.165, 1.54) is 16.7 Å². The number of benzene rings is 1. The Kier molecular flexibility index (Phi) is 5.37. The summed E-state index contributed by atoms with van der Waals surface area (Å²) in [6, 6.07) is 8.00. The summed E-state index contributed by atoms with van der Waals surface area (Å²) in [5.41, 5.74) is 3.55. The molecule has 0 bridgehead atoms. The van der Waals surface area contributed by atoms with Crippen molar-refractivity contribution in [2.24, 2.45) is 0 Å². The molecule has 3 N–H and O–H groups in total. The monoisotopic (exact) mass is 446 g/mol. The second-order valence-electron chi connectivity index (χ2n) is 8.30. The fourth-order valence-corrected chi connectivity index (χ4v) is 4.30. The molecule has 168 valence electrons. The molecule has 0 saturated heterocycles. The van der Waals surface area contributed by atoms with E-state index in [9.17, 15) is 14.0 Å². The molecule has 0 aliphatic carbocycles. The van der Waals surface area contributed by atoms with Crippen molar-refractivity contribution in [2.75, 3.05) is 5.32 Å². The third kappa shape index (κ3) is 4.21. The van der Waals surface area contributed by atoms with Gasteiger partial charge in [0.05, 0.1) is 0 Å². The number of carbonyl (C=O) groups is 1. The van der Waals surface area contributed by atoms with Crippen LogP contribution in [-0.4, -0.2) is 25.4 Å². The Morgan fingerprint density at radius 2 is 2.06 bits per heavy atom. The van der Waals surface area contributed by atoms with Gasteiger partial charge in [-0.3, -0.25) is 14.2 Å². The van der Waals surface area contributed by atoms with Gasteiger partial charge in [0, 0.05) is 42.8 Å². The van der Waals surface area contributed by atoms with E-state index in [0.717, 1.165) is 27.9 Å². The van der Waals surface area contributed by atoms with Crippen molar-refractivity contribution in [3.05, 3.63) is 87.5 Å². The van der Waals surface area contributed by atoms with Crippen molar-refractivity contribution in [3.63, 3.8) is 0 Å². The van der Waals surface area contributed by atoms with Gasteiger partial charge in [-0.25, -0.2) is 14.4 Å². The van der Waals surface area contributed by atoms with Crippen LogP contribution in [-0.2, 0) is 24.3 Å². The van der Waals surface area contributed by atoms with Crippen LogP contribution in [0.25, 0.3) is 11.0 Å². The summed E-state index contributed by atoms with van der Waals surface area (Å²) in [5, 5.41) is 6.89. The first kappa shape index (κ1) is 20.9. The molecule has 1 aromatic carbocycles. The van der Waals surface area contributed by atoms with Gasteiger partial charge in [0.2, 0.25) is 5.91 Å². The molecule has 1 aliphatic rings. The molecule has 3 aromatic heterocycles. The summed E-state index contributed by atoms with van der Waals surface area (Å²) in [5.74, 6) is -0.404. The molecule has 8 nitrogen and oxygen atoms in total. The highest BCUT2D eigenvalue weighted by Gasteiger charge is 2.30. The minimum Gasteiger partial charge on any atom is -0.361 e. The largest absolute Gasteiger partial charge is 0.361 e. The average Bonchev–Trinajstić information content (AvgIpc) is 3.43. The normalized spacial score (nSPS) is 14.9. The van der Waals surface area contributed by atoms with Crippen LogP contribution in [0.3, 0.4) is 0 Å². The highest BCUT2D eigenvalue weighted by molar-refractivity contribution is 5.81. The van der Waals surface area contributed by atoms with E-state index in [1.54, 1.807) is 12.4 Å². The van der Waals surface area contributed by atoms with Gasteiger partial charge in [0.25, 0.3) is 5.56 Å². The van der Waals surface area contributed by atoms with Crippen LogP contribution in [0.5, 0.6) is 0 Å².